The number of rotatable bonds is 2. The van der Waals surface area contributed by atoms with E-state index in [0.717, 1.165) is 19.1 Å². The Morgan fingerprint density at radius 3 is 2.75 bits per heavy atom. The maximum Gasteiger partial charge on any atom is 0.0874 e. The van der Waals surface area contributed by atoms with E-state index >= 15 is 0 Å². The Bertz CT molecular complexity index is 378. The largest absolute Gasteiger partial charge is 0.370 e. The van der Waals surface area contributed by atoms with Gasteiger partial charge in [0.1, 0.15) is 0 Å². The van der Waals surface area contributed by atoms with Crippen LogP contribution < -0.4 is 5.73 Å². The molecule has 0 spiro atoms. The molecule has 0 unspecified atom stereocenters. The first-order chi connectivity index (χ1) is 7.90. The summed E-state index contributed by atoms with van der Waals surface area (Å²) in [6.45, 7) is 2.15. The van der Waals surface area contributed by atoms with Crippen LogP contribution in [0.5, 0.6) is 0 Å². The average Bonchev–Trinajstić information content (AvgIpc) is 2.89. The Morgan fingerprint density at radius 1 is 1.19 bits per heavy atom. The minimum Gasteiger partial charge on any atom is -0.370 e. The minimum atomic E-state index is 0.654. The fourth-order valence-corrected chi connectivity index (χ4v) is 3.18. The SMILES string of the molecule is NCc1c(C2CCCCC2)[nH]c2c1COC2. The second-order valence-electron chi connectivity index (χ2n) is 5.01. The standard InChI is InChI=1S/C13H20N2O/c14-6-10-11-7-16-8-12(11)15-13(10)9-4-2-1-3-5-9/h9,15H,1-8,14H2. The van der Waals surface area contributed by atoms with E-state index in [1.54, 1.807) is 0 Å². The van der Waals surface area contributed by atoms with Crippen LogP contribution in [0.3, 0.4) is 0 Å². The summed E-state index contributed by atoms with van der Waals surface area (Å²) in [5, 5.41) is 0. The lowest BCUT2D eigenvalue weighted by molar-refractivity contribution is 0.132. The summed E-state index contributed by atoms with van der Waals surface area (Å²) in [6.07, 6.45) is 6.79. The van der Waals surface area contributed by atoms with Gasteiger partial charge < -0.3 is 15.5 Å². The quantitative estimate of drug-likeness (QED) is 0.804. The first-order valence-corrected chi connectivity index (χ1v) is 6.40. The molecule has 3 nitrogen and oxygen atoms in total. The van der Waals surface area contributed by atoms with Crippen molar-refractivity contribution in [3.63, 3.8) is 0 Å². The van der Waals surface area contributed by atoms with Gasteiger partial charge in [-0.15, -0.1) is 0 Å². The van der Waals surface area contributed by atoms with Gasteiger partial charge >= 0.3 is 0 Å². The van der Waals surface area contributed by atoms with Crippen molar-refractivity contribution in [1.82, 2.24) is 4.98 Å². The molecule has 16 heavy (non-hydrogen) atoms. The van der Waals surface area contributed by atoms with Crippen LogP contribution in [0.4, 0.5) is 0 Å². The van der Waals surface area contributed by atoms with Crippen molar-refractivity contribution in [2.45, 2.75) is 57.8 Å². The minimum absolute atomic E-state index is 0.654. The predicted octanol–water partition coefficient (Wildman–Crippen LogP) is 2.55. The summed E-state index contributed by atoms with van der Waals surface area (Å²) in [4.78, 5) is 3.58. The molecule has 0 radical (unpaired) electrons. The third-order valence-corrected chi connectivity index (χ3v) is 4.05. The van der Waals surface area contributed by atoms with Crippen LogP contribution in [0.15, 0.2) is 0 Å². The molecule has 0 amide bonds. The molecule has 3 rings (SSSR count). The second-order valence-corrected chi connectivity index (χ2v) is 5.01. The molecule has 1 aliphatic carbocycles. The van der Waals surface area contributed by atoms with Crippen molar-refractivity contribution in [3.8, 4) is 0 Å². The molecule has 3 heteroatoms. The highest BCUT2D eigenvalue weighted by molar-refractivity contribution is 5.40. The molecule has 1 aliphatic heterocycles. The summed E-state index contributed by atoms with van der Waals surface area (Å²) in [6, 6.07) is 0. The van der Waals surface area contributed by atoms with Gasteiger partial charge in [-0.3, -0.25) is 0 Å². The van der Waals surface area contributed by atoms with E-state index in [1.165, 1.54) is 54.6 Å². The molecule has 2 aliphatic rings. The zero-order valence-electron chi connectivity index (χ0n) is 9.72. The molecular weight excluding hydrogens is 200 g/mol. The van der Waals surface area contributed by atoms with Crippen LogP contribution in [-0.2, 0) is 24.5 Å². The molecule has 0 atom stereocenters. The number of hydrogen-bond donors (Lipinski definition) is 2. The van der Waals surface area contributed by atoms with Crippen LogP contribution >= 0.6 is 0 Å². The number of nitrogens with one attached hydrogen (secondary N) is 1. The summed E-state index contributed by atoms with van der Waals surface area (Å²) in [5.74, 6) is 0.720. The van der Waals surface area contributed by atoms with Gasteiger partial charge in [0.25, 0.3) is 0 Å². The Hall–Kier alpha value is -0.800. The Morgan fingerprint density at radius 2 is 2.00 bits per heavy atom. The van der Waals surface area contributed by atoms with Crippen molar-refractivity contribution in [3.05, 3.63) is 22.5 Å². The van der Waals surface area contributed by atoms with E-state index in [4.69, 9.17) is 10.5 Å². The van der Waals surface area contributed by atoms with Crippen LogP contribution in [0.1, 0.15) is 60.5 Å². The Kier molecular flexibility index (Phi) is 2.74. The number of H-pyrrole nitrogens is 1. The highest BCUT2D eigenvalue weighted by Crippen LogP contribution is 2.37. The molecule has 2 heterocycles. The topological polar surface area (TPSA) is 51.0 Å². The molecule has 0 saturated heterocycles. The van der Waals surface area contributed by atoms with Crippen LogP contribution in [0.25, 0.3) is 0 Å². The van der Waals surface area contributed by atoms with E-state index < -0.39 is 0 Å². The van der Waals surface area contributed by atoms with Crippen LogP contribution in [0, 0.1) is 0 Å². The van der Waals surface area contributed by atoms with Crippen molar-refractivity contribution in [2.24, 2.45) is 5.73 Å². The van der Waals surface area contributed by atoms with Gasteiger partial charge in [0.15, 0.2) is 0 Å². The number of aromatic amines is 1. The second kappa shape index (κ2) is 4.22. The van der Waals surface area contributed by atoms with Gasteiger partial charge in [-0.25, -0.2) is 0 Å². The highest BCUT2D eigenvalue weighted by Gasteiger charge is 2.26. The lowest BCUT2D eigenvalue weighted by atomic mass is 9.85. The summed E-state index contributed by atoms with van der Waals surface area (Å²) >= 11 is 0. The number of hydrogen-bond acceptors (Lipinski definition) is 2. The smallest absolute Gasteiger partial charge is 0.0874 e. The van der Waals surface area contributed by atoms with Gasteiger partial charge in [0, 0.05) is 23.5 Å². The third-order valence-electron chi connectivity index (χ3n) is 4.05. The Balaban J connectivity index is 1.93. The summed E-state index contributed by atoms with van der Waals surface area (Å²) in [5.41, 5.74) is 11.3. The fraction of sp³-hybridized carbons (Fsp3) is 0.692. The van der Waals surface area contributed by atoms with Crippen molar-refractivity contribution < 1.29 is 4.74 Å². The molecule has 0 bridgehead atoms. The van der Waals surface area contributed by atoms with E-state index in [9.17, 15) is 0 Å². The molecule has 1 aromatic rings. The maximum atomic E-state index is 5.90. The predicted molar refractivity (Wildman–Crippen MR) is 63.0 cm³/mol. The molecule has 0 aromatic carbocycles. The zero-order valence-corrected chi connectivity index (χ0v) is 9.72. The van der Waals surface area contributed by atoms with Crippen molar-refractivity contribution in [1.29, 1.82) is 0 Å². The van der Waals surface area contributed by atoms with Crippen molar-refractivity contribution in [2.75, 3.05) is 0 Å². The molecule has 3 N–H and O–H groups in total. The third kappa shape index (κ3) is 1.59. The molecule has 1 aromatic heterocycles. The lowest BCUT2D eigenvalue weighted by Gasteiger charge is -2.22. The number of nitrogens with two attached hydrogens (primary N) is 1. The van der Waals surface area contributed by atoms with Gasteiger partial charge in [0.2, 0.25) is 0 Å². The van der Waals surface area contributed by atoms with E-state index in [2.05, 4.69) is 4.98 Å². The zero-order chi connectivity index (χ0) is 11.0. The number of fused-ring (bicyclic) bond motifs is 1. The molecule has 88 valence electrons. The molecule has 1 saturated carbocycles. The van der Waals surface area contributed by atoms with Gasteiger partial charge in [-0.2, -0.15) is 0 Å². The maximum absolute atomic E-state index is 5.90. The molecular formula is C13H20N2O. The van der Waals surface area contributed by atoms with Crippen LogP contribution in [-0.4, -0.2) is 4.98 Å². The van der Waals surface area contributed by atoms with Gasteiger partial charge in [-0.05, 0) is 24.3 Å². The van der Waals surface area contributed by atoms with Crippen molar-refractivity contribution >= 4 is 0 Å². The summed E-state index contributed by atoms with van der Waals surface area (Å²) < 4.78 is 5.45. The first kappa shape index (κ1) is 10.4. The lowest BCUT2D eigenvalue weighted by Crippen LogP contribution is -2.10. The number of aromatic nitrogens is 1. The summed E-state index contributed by atoms with van der Waals surface area (Å²) in [7, 11) is 0. The number of ether oxygens (including phenoxy) is 1. The normalized spacial score (nSPS) is 21.3. The van der Waals surface area contributed by atoms with E-state index in [0.29, 0.717) is 6.54 Å². The first-order valence-electron chi connectivity index (χ1n) is 6.40. The Labute approximate surface area is 96.4 Å². The van der Waals surface area contributed by atoms with Gasteiger partial charge in [-0.1, -0.05) is 19.3 Å². The average molecular weight is 220 g/mol. The van der Waals surface area contributed by atoms with Crippen LogP contribution in [0.2, 0.25) is 0 Å². The molecule has 1 fully saturated rings. The monoisotopic (exact) mass is 220 g/mol. The van der Waals surface area contributed by atoms with Gasteiger partial charge in [0.05, 0.1) is 13.2 Å². The van der Waals surface area contributed by atoms with E-state index in [-0.39, 0.29) is 0 Å². The highest BCUT2D eigenvalue weighted by atomic mass is 16.5. The fourth-order valence-electron chi connectivity index (χ4n) is 3.18. The van der Waals surface area contributed by atoms with E-state index in [1.807, 2.05) is 0 Å².